The topological polar surface area (TPSA) is 76.1 Å². The highest BCUT2D eigenvalue weighted by molar-refractivity contribution is 6.04. The molecule has 5 aliphatic rings. The molecule has 5 aliphatic heterocycles. The lowest BCUT2D eigenvalue weighted by atomic mass is 9.70. The van der Waals surface area contributed by atoms with E-state index in [0.29, 0.717) is 6.61 Å². The number of carboxylic acid groups (broad SMARTS) is 1. The normalized spacial score (nSPS) is 45.3. The molecule has 6 heteroatoms. The Balaban J connectivity index is 1.59. The van der Waals surface area contributed by atoms with Gasteiger partial charge in [0.1, 0.15) is 11.5 Å². The van der Waals surface area contributed by atoms with Gasteiger partial charge in [-0.2, -0.15) is 0 Å². The van der Waals surface area contributed by atoms with Gasteiger partial charge in [-0.15, -0.1) is 0 Å². The summed E-state index contributed by atoms with van der Waals surface area (Å²) in [4.78, 5) is 27.0. The zero-order valence-corrected chi connectivity index (χ0v) is 13.4. The molecule has 3 saturated heterocycles. The second kappa shape index (κ2) is 4.31. The SMILES string of the molecule is O=C(O)C1C2C(=O)N3c4ccccc4C4OCCC4C3[C@]23C=C[C@H]1O3. The molecule has 25 heavy (non-hydrogen) atoms. The fourth-order valence-corrected chi connectivity index (χ4v) is 5.86. The number of rotatable bonds is 1. The molecule has 5 heterocycles. The smallest absolute Gasteiger partial charge is 0.310 e. The highest BCUT2D eigenvalue weighted by Gasteiger charge is 2.74. The molecular weight excluding hydrogens is 322 g/mol. The Morgan fingerprint density at radius 2 is 2.16 bits per heavy atom. The quantitative estimate of drug-likeness (QED) is 0.785. The van der Waals surface area contributed by atoms with Gasteiger partial charge in [-0.1, -0.05) is 30.4 Å². The van der Waals surface area contributed by atoms with Crippen LogP contribution < -0.4 is 4.90 Å². The van der Waals surface area contributed by atoms with Crippen molar-refractivity contribution in [2.45, 2.75) is 30.3 Å². The van der Waals surface area contributed by atoms with Gasteiger partial charge in [0.25, 0.3) is 0 Å². The first-order valence-electron chi connectivity index (χ1n) is 8.77. The number of para-hydroxylation sites is 1. The van der Waals surface area contributed by atoms with Crippen molar-refractivity contribution in [3.63, 3.8) is 0 Å². The number of nitrogens with zero attached hydrogens (tertiary/aromatic N) is 1. The first kappa shape index (κ1) is 14.0. The maximum absolute atomic E-state index is 13.4. The lowest BCUT2D eigenvalue weighted by Gasteiger charge is -2.43. The minimum atomic E-state index is -0.957. The number of carboxylic acids is 1. The Bertz CT molecular complexity index is 850. The van der Waals surface area contributed by atoms with Crippen molar-refractivity contribution in [3.8, 4) is 0 Å². The van der Waals surface area contributed by atoms with E-state index in [1.165, 1.54) is 0 Å². The van der Waals surface area contributed by atoms with E-state index in [1.54, 1.807) is 0 Å². The summed E-state index contributed by atoms with van der Waals surface area (Å²) in [5.41, 5.74) is 1.03. The summed E-state index contributed by atoms with van der Waals surface area (Å²) >= 11 is 0. The minimum Gasteiger partial charge on any atom is -0.481 e. The third-order valence-corrected chi connectivity index (χ3v) is 6.66. The molecule has 1 aromatic rings. The lowest BCUT2D eigenvalue weighted by molar-refractivity contribution is -0.146. The van der Waals surface area contributed by atoms with Gasteiger partial charge < -0.3 is 19.5 Å². The fraction of sp³-hybridized carbons (Fsp3) is 0.474. The van der Waals surface area contributed by atoms with Crippen LogP contribution in [0.25, 0.3) is 0 Å². The minimum absolute atomic E-state index is 0.0571. The zero-order valence-electron chi connectivity index (χ0n) is 13.4. The standard InChI is InChI=1S/C19H17NO5/c21-17-14-13(18(22)23)12-5-7-19(14,25-12)16-10-6-8-24-15(10)9-3-1-2-4-11(9)20(16)17/h1-5,7,10,12-16H,6,8H2,(H,22,23)/t10?,12-,13?,14?,15?,16?,19+/m1/s1. The van der Waals surface area contributed by atoms with Crippen LogP contribution in [0.3, 0.4) is 0 Å². The first-order valence-corrected chi connectivity index (χ1v) is 8.77. The summed E-state index contributed by atoms with van der Waals surface area (Å²) in [6.45, 7) is 0.651. The third-order valence-electron chi connectivity index (χ3n) is 6.66. The van der Waals surface area contributed by atoms with Crippen LogP contribution >= 0.6 is 0 Å². The van der Waals surface area contributed by atoms with Crippen LogP contribution in [-0.4, -0.2) is 41.3 Å². The molecule has 128 valence electrons. The van der Waals surface area contributed by atoms with E-state index in [1.807, 2.05) is 41.3 Å². The summed E-state index contributed by atoms with van der Waals surface area (Å²) in [6, 6.07) is 7.61. The summed E-state index contributed by atoms with van der Waals surface area (Å²) in [5.74, 6) is -2.42. The molecule has 5 unspecified atom stereocenters. The molecule has 0 aromatic heterocycles. The van der Waals surface area contributed by atoms with Crippen LogP contribution in [0.1, 0.15) is 18.1 Å². The van der Waals surface area contributed by atoms with Crippen molar-refractivity contribution in [3.05, 3.63) is 42.0 Å². The number of carbonyl (C=O) groups is 2. The summed E-state index contributed by atoms with van der Waals surface area (Å²) in [7, 11) is 0. The molecule has 0 saturated carbocycles. The molecular formula is C19H17NO5. The van der Waals surface area contributed by atoms with Crippen LogP contribution in [0.5, 0.6) is 0 Å². The Morgan fingerprint density at radius 3 is 3.00 bits per heavy atom. The van der Waals surface area contributed by atoms with Crippen LogP contribution in [0.4, 0.5) is 5.69 Å². The maximum Gasteiger partial charge on any atom is 0.310 e. The fourth-order valence-electron chi connectivity index (χ4n) is 5.86. The van der Waals surface area contributed by atoms with Crippen molar-refractivity contribution in [1.29, 1.82) is 0 Å². The largest absolute Gasteiger partial charge is 0.481 e. The van der Waals surface area contributed by atoms with Gasteiger partial charge in [0.15, 0.2) is 0 Å². The van der Waals surface area contributed by atoms with E-state index in [0.717, 1.165) is 17.7 Å². The average molecular weight is 339 g/mol. The number of carbonyl (C=O) groups excluding carboxylic acids is 1. The highest BCUT2D eigenvalue weighted by Crippen LogP contribution is 2.62. The zero-order chi connectivity index (χ0) is 16.9. The van der Waals surface area contributed by atoms with Crippen molar-refractivity contribution in [2.24, 2.45) is 17.8 Å². The van der Waals surface area contributed by atoms with Crippen LogP contribution in [-0.2, 0) is 19.1 Å². The van der Waals surface area contributed by atoms with Crippen LogP contribution in [0, 0.1) is 17.8 Å². The monoisotopic (exact) mass is 339 g/mol. The van der Waals surface area contributed by atoms with E-state index in [2.05, 4.69) is 0 Å². The predicted molar refractivity (Wildman–Crippen MR) is 85.9 cm³/mol. The van der Waals surface area contributed by atoms with Gasteiger partial charge in [-0.3, -0.25) is 9.59 Å². The first-order chi connectivity index (χ1) is 12.1. The highest BCUT2D eigenvalue weighted by atomic mass is 16.5. The Hall–Kier alpha value is -2.18. The molecule has 6 rings (SSSR count). The maximum atomic E-state index is 13.4. The van der Waals surface area contributed by atoms with Gasteiger partial charge in [0, 0.05) is 23.8 Å². The van der Waals surface area contributed by atoms with Gasteiger partial charge in [-0.25, -0.2) is 0 Å². The van der Waals surface area contributed by atoms with Crippen LogP contribution in [0.15, 0.2) is 36.4 Å². The van der Waals surface area contributed by atoms with Gasteiger partial charge in [-0.05, 0) is 12.5 Å². The van der Waals surface area contributed by atoms with E-state index in [9.17, 15) is 14.7 Å². The molecule has 7 atom stereocenters. The number of fused-ring (bicyclic) bond motifs is 7. The molecule has 1 N–H and O–H groups in total. The molecule has 1 spiro atoms. The molecule has 0 aliphatic carbocycles. The second-order valence-corrected chi connectivity index (χ2v) is 7.59. The Labute approximate surface area is 144 Å². The predicted octanol–water partition coefficient (Wildman–Crippen LogP) is 1.52. The summed E-state index contributed by atoms with van der Waals surface area (Å²) in [6.07, 6.45) is 4.07. The number of hydrogen-bond acceptors (Lipinski definition) is 4. The Morgan fingerprint density at radius 1 is 1.32 bits per heavy atom. The second-order valence-electron chi connectivity index (χ2n) is 7.59. The molecule has 6 nitrogen and oxygen atoms in total. The lowest BCUT2D eigenvalue weighted by Crippen LogP contribution is -2.53. The van der Waals surface area contributed by atoms with E-state index in [-0.39, 0.29) is 24.0 Å². The number of benzene rings is 1. The average Bonchev–Trinajstić information content (AvgIpc) is 3.35. The third kappa shape index (κ3) is 1.42. The number of aliphatic carboxylic acids is 1. The van der Waals surface area contributed by atoms with Crippen molar-refractivity contribution >= 4 is 17.6 Å². The molecule has 1 aromatic carbocycles. The van der Waals surface area contributed by atoms with E-state index in [4.69, 9.17) is 9.47 Å². The molecule has 2 bridgehead atoms. The van der Waals surface area contributed by atoms with Gasteiger partial charge in [0.05, 0.1) is 24.2 Å². The summed E-state index contributed by atoms with van der Waals surface area (Å²) in [5, 5.41) is 9.70. The van der Waals surface area contributed by atoms with E-state index < -0.39 is 29.5 Å². The number of anilines is 1. The number of amides is 1. The Kier molecular flexibility index (Phi) is 2.42. The molecule has 1 amide bonds. The number of hydrogen-bond donors (Lipinski definition) is 1. The van der Waals surface area contributed by atoms with E-state index >= 15 is 0 Å². The number of ether oxygens (including phenoxy) is 2. The van der Waals surface area contributed by atoms with Crippen molar-refractivity contribution in [1.82, 2.24) is 0 Å². The summed E-state index contributed by atoms with van der Waals surface area (Å²) < 4.78 is 12.2. The molecule has 3 fully saturated rings. The van der Waals surface area contributed by atoms with Crippen molar-refractivity contribution in [2.75, 3.05) is 11.5 Å². The van der Waals surface area contributed by atoms with Gasteiger partial charge in [0.2, 0.25) is 5.91 Å². The molecule has 0 radical (unpaired) electrons. The van der Waals surface area contributed by atoms with Gasteiger partial charge >= 0.3 is 5.97 Å². The van der Waals surface area contributed by atoms with Crippen LogP contribution in [0.2, 0.25) is 0 Å². The van der Waals surface area contributed by atoms with Crippen molar-refractivity contribution < 1.29 is 24.2 Å².